The Morgan fingerprint density at radius 1 is 1.13 bits per heavy atom. The Morgan fingerprint density at radius 2 is 1.87 bits per heavy atom. The van der Waals surface area contributed by atoms with Crippen molar-refractivity contribution in [3.05, 3.63) is 59.7 Å². The lowest BCUT2D eigenvalue weighted by Crippen LogP contribution is -2.35. The smallest absolute Gasteiger partial charge is 0.252 e. The molecule has 1 aliphatic carbocycles. The van der Waals surface area contributed by atoms with Crippen molar-refractivity contribution in [2.45, 2.75) is 18.4 Å². The summed E-state index contributed by atoms with van der Waals surface area (Å²) < 4.78 is 5.45. The molecule has 0 aromatic heterocycles. The molecule has 3 rings (SSSR count). The summed E-state index contributed by atoms with van der Waals surface area (Å²) in [7, 11) is 5.60. The third kappa shape index (κ3) is 3.02. The van der Waals surface area contributed by atoms with E-state index >= 15 is 0 Å². The summed E-state index contributed by atoms with van der Waals surface area (Å²) in [6, 6.07) is 15.6. The molecule has 2 aromatic rings. The zero-order valence-corrected chi connectivity index (χ0v) is 13.8. The molecular formula is C19H22N2O2. The fraction of sp³-hybridized carbons (Fsp3) is 0.316. The molecule has 0 spiro atoms. The van der Waals surface area contributed by atoms with Crippen molar-refractivity contribution in [3.63, 3.8) is 0 Å². The fourth-order valence-electron chi connectivity index (χ4n) is 2.84. The van der Waals surface area contributed by atoms with Gasteiger partial charge in [-0.05, 0) is 37.1 Å². The lowest BCUT2D eigenvalue weighted by molar-refractivity contribution is 0.0930. The zero-order valence-electron chi connectivity index (χ0n) is 13.8. The highest BCUT2D eigenvalue weighted by atomic mass is 16.5. The Kier molecular flexibility index (Phi) is 3.99. The van der Waals surface area contributed by atoms with Crippen LogP contribution >= 0.6 is 0 Å². The highest BCUT2D eigenvalue weighted by Crippen LogP contribution is 2.49. The van der Waals surface area contributed by atoms with Crippen LogP contribution in [0.2, 0.25) is 0 Å². The number of benzene rings is 2. The molecule has 0 saturated heterocycles. The molecule has 1 amide bonds. The standard InChI is InChI=1S/C19H22N2O2/c1-21(2)15-8-6-7-14(13-15)18(22)20-19(11-12-19)16-9-4-5-10-17(16)23-3/h4-10,13H,11-12H2,1-3H3,(H,20,22). The van der Waals surface area contributed by atoms with Crippen molar-refractivity contribution in [3.8, 4) is 5.75 Å². The number of amides is 1. The molecule has 1 aliphatic rings. The maximum Gasteiger partial charge on any atom is 0.252 e. The molecule has 0 atom stereocenters. The number of hydrogen-bond acceptors (Lipinski definition) is 3. The SMILES string of the molecule is COc1ccccc1C1(NC(=O)c2cccc(N(C)C)c2)CC1. The number of methoxy groups -OCH3 is 1. The number of carbonyl (C=O) groups excluding carboxylic acids is 1. The van der Waals surface area contributed by atoms with Gasteiger partial charge in [-0.2, -0.15) is 0 Å². The molecule has 0 radical (unpaired) electrons. The van der Waals surface area contributed by atoms with Crippen LogP contribution in [-0.4, -0.2) is 27.1 Å². The molecule has 2 aromatic carbocycles. The second-order valence-corrected chi connectivity index (χ2v) is 6.18. The van der Waals surface area contributed by atoms with Crippen LogP contribution < -0.4 is 15.0 Å². The molecule has 0 aliphatic heterocycles. The highest BCUT2D eigenvalue weighted by Gasteiger charge is 2.47. The van der Waals surface area contributed by atoms with Crippen LogP contribution in [0.4, 0.5) is 5.69 Å². The van der Waals surface area contributed by atoms with Crippen LogP contribution in [0.1, 0.15) is 28.8 Å². The lowest BCUT2D eigenvalue weighted by atomic mass is 10.0. The first-order valence-electron chi connectivity index (χ1n) is 7.79. The van der Waals surface area contributed by atoms with Crippen LogP contribution in [0.3, 0.4) is 0 Å². The van der Waals surface area contributed by atoms with E-state index in [0.29, 0.717) is 5.56 Å². The highest BCUT2D eigenvalue weighted by molar-refractivity contribution is 5.96. The molecule has 120 valence electrons. The van der Waals surface area contributed by atoms with Gasteiger partial charge in [0.25, 0.3) is 5.91 Å². The van der Waals surface area contributed by atoms with E-state index in [9.17, 15) is 4.79 Å². The molecule has 1 fully saturated rings. The number of carbonyl (C=O) groups is 1. The van der Waals surface area contributed by atoms with Gasteiger partial charge >= 0.3 is 0 Å². The molecule has 0 bridgehead atoms. The van der Waals surface area contributed by atoms with Gasteiger partial charge in [0.15, 0.2) is 0 Å². The van der Waals surface area contributed by atoms with E-state index in [-0.39, 0.29) is 11.4 Å². The van der Waals surface area contributed by atoms with Crippen LogP contribution in [0.25, 0.3) is 0 Å². The summed E-state index contributed by atoms with van der Waals surface area (Å²) in [5.74, 6) is 0.782. The van der Waals surface area contributed by atoms with Crippen LogP contribution in [0, 0.1) is 0 Å². The predicted octanol–water partition coefficient (Wildman–Crippen LogP) is 3.18. The van der Waals surface area contributed by atoms with E-state index in [4.69, 9.17) is 4.74 Å². The van der Waals surface area contributed by atoms with Gasteiger partial charge in [-0.25, -0.2) is 0 Å². The van der Waals surface area contributed by atoms with E-state index in [1.165, 1.54) is 0 Å². The summed E-state index contributed by atoms with van der Waals surface area (Å²) >= 11 is 0. The maximum absolute atomic E-state index is 12.7. The molecule has 4 heteroatoms. The van der Waals surface area contributed by atoms with E-state index in [1.807, 2.05) is 67.5 Å². The molecule has 4 nitrogen and oxygen atoms in total. The summed E-state index contributed by atoms with van der Waals surface area (Å²) in [4.78, 5) is 14.7. The van der Waals surface area contributed by atoms with Gasteiger partial charge in [-0.1, -0.05) is 24.3 Å². The fourth-order valence-corrected chi connectivity index (χ4v) is 2.84. The van der Waals surface area contributed by atoms with Crippen LogP contribution in [0.15, 0.2) is 48.5 Å². The Balaban J connectivity index is 1.84. The van der Waals surface area contributed by atoms with E-state index in [1.54, 1.807) is 7.11 Å². The van der Waals surface area contributed by atoms with Gasteiger partial charge in [-0.15, -0.1) is 0 Å². The number of nitrogens with one attached hydrogen (secondary N) is 1. The summed E-state index contributed by atoms with van der Waals surface area (Å²) in [6.45, 7) is 0. The normalized spacial score (nSPS) is 14.9. The molecule has 0 heterocycles. The summed E-state index contributed by atoms with van der Waals surface area (Å²) in [5.41, 5.74) is 2.45. The van der Waals surface area contributed by atoms with E-state index < -0.39 is 0 Å². The molecule has 1 saturated carbocycles. The Morgan fingerprint density at radius 3 is 2.52 bits per heavy atom. The first kappa shape index (κ1) is 15.4. The molecule has 0 unspecified atom stereocenters. The minimum atomic E-state index is -0.294. The van der Waals surface area contributed by atoms with Gasteiger partial charge in [-0.3, -0.25) is 4.79 Å². The number of nitrogens with zero attached hydrogens (tertiary/aromatic N) is 1. The number of rotatable bonds is 5. The van der Waals surface area contributed by atoms with Crippen LogP contribution in [0.5, 0.6) is 5.75 Å². The Bertz CT molecular complexity index is 721. The minimum Gasteiger partial charge on any atom is -0.496 e. The van der Waals surface area contributed by atoms with Crippen LogP contribution in [-0.2, 0) is 5.54 Å². The third-order valence-electron chi connectivity index (χ3n) is 4.35. The van der Waals surface area contributed by atoms with E-state index in [2.05, 4.69) is 5.32 Å². The number of hydrogen-bond donors (Lipinski definition) is 1. The molecule has 23 heavy (non-hydrogen) atoms. The van der Waals surface area contributed by atoms with Crippen molar-refractivity contribution in [2.75, 3.05) is 26.1 Å². The topological polar surface area (TPSA) is 41.6 Å². The van der Waals surface area contributed by atoms with Crippen molar-refractivity contribution in [1.29, 1.82) is 0 Å². The Labute approximate surface area is 137 Å². The van der Waals surface area contributed by atoms with Gasteiger partial charge in [0.05, 0.1) is 12.6 Å². The molecular weight excluding hydrogens is 288 g/mol. The van der Waals surface area contributed by atoms with Gasteiger partial charge in [0, 0.05) is 30.9 Å². The second kappa shape index (κ2) is 5.95. The van der Waals surface area contributed by atoms with Gasteiger partial charge in [0.2, 0.25) is 0 Å². The van der Waals surface area contributed by atoms with Gasteiger partial charge < -0.3 is 15.0 Å². The average Bonchev–Trinajstić information content (AvgIpc) is 3.35. The summed E-state index contributed by atoms with van der Waals surface area (Å²) in [5, 5.41) is 3.20. The second-order valence-electron chi connectivity index (χ2n) is 6.18. The quantitative estimate of drug-likeness (QED) is 0.922. The largest absolute Gasteiger partial charge is 0.496 e. The van der Waals surface area contributed by atoms with E-state index in [0.717, 1.165) is 29.8 Å². The average molecular weight is 310 g/mol. The number of para-hydroxylation sites is 1. The Hall–Kier alpha value is -2.49. The van der Waals surface area contributed by atoms with Gasteiger partial charge in [0.1, 0.15) is 5.75 Å². The van der Waals surface area contributed by atoms with Crippen molar-refractivity contribution in [1.82, 2.24) is 5.32 Å². The minimum absolute atomic E-state index is 0.0443. The lowest BCUT2D eigenvalue weighted by Gasteiger charge is -2.21. The predicted molar refractivity (Wildman–Crippen MR) is 92.1 cm³/mol. The maximum atomic E-state index is 12.7. The van der Waals surface area contributed by atoms with Crippen molar-refractivity contribution in [2.24, 2.45) is 0 Å². The zero-order chi connectivity index (χ0) is 16.4. The van der Waals surface area contributed by atoms with Crippen molar-refractivity contribution < 1.29 is 9.53 Å². The van der Waals surface area contributed by atoms with Crippen molar-refractivity contribution >= 4 is 11.6 Å². The number of ether oxygens (including phenoxy) is 1. The number of anilines is 1. The monoisotopic (exact) mass is 310 g/mol. The molecule has 1 N–H and O–H groups in total. The first-order valence-corrected chi connectivity index (χ1v) is 7.79. The summed E-state index contributed by atoms with van der Waals surface area (Å²) in [6.07, 6.45) is 1.87. The first-order chi connectivity index (χ1) is 11.1. The third-order valence-corrected chi connectivity index (χ3v) is 4.35.